The van der Waals surface area contributed by atoms with E-state index in [0.29, 0.717) is 18.1 Å². The molecule has 1 aliphatic rings. The van der Waals surface area contributed by atoms with Gasteiger partial charge in [0.1, 0.15) is 0 Å². The van der Waals surface area contributed by atoms with Crippen molar-refractivity contribution in [1.29, 1.82) is 0 Å². The van der Waals surface area contributed by atoms with Gasteiger partial charge in [-0.2, -0.15) is 0 Å². The third kappa shape index (κ3) is 4.74. The molecule has 2 rings (SSSR count). The average molecular weight is 298 g/mol. The van der Waals surface area contributed by atoms with Gasteiger partial charge in [0, 0.05) is 18.1 Å². The maximum Gasteiger partial charge on any atom is 0.0914 e. The van der Waals surface area contributed by atoms with Crippen molar-refractivity contribution in [3.05, 3.63) is 34.9 Å². The van der Waals surface area contributed by atoms with Gasteiger partial charge >= 0.3 is 0 Å². The largest absolute Gasteiger partial charge is 0.389 e. The maximum absolute atomic E-state index is 10.5. The fraction of sp³-hybridized carbons (Fsp3) is 0.625. The fourth-order valence-corrected chi connectivity index (χ4v) is 2.93. The van der Waals surface area contributed by atoms with Gasteiger partial charge in [0.15, 0.2) is 0 Å². The SMILES string of the molecule is OC(CNCC1(O)CCCCCC1)c1ccc(Cl)cc1. The van der Waals surface area contributed by atoms with Crippen molar-refractivity contribution in [2.75, 3.05) is 13.1 Å². The molecule has 0 aliphatic heterocycles. The topological polar surface area (TPSA) is 52.5 Å². The van der Waals surface area contributed by atoms with Crippen LogP contribution in [0.1, 0.15) is 50.2 Å². The molecule has 0 saturated heterocycles. The lowest BCUT2D eigenvalue weighted by atomic mass is 9.94. The molecule has 20 heavy (non-hydrogen) atoms. The first kappa shape index (κ1) is 15.8. The third-order valence-electron chi connectivity index (χ3n) is 4.08. The van der Waals surface area contributed by atoms with Gasteiger partial charge in [-0.1, -0.05) is 49.4 Å². The van der Waals surface area contributed by atoms with Gasteiger partial charge in [0.2, 0.25) is 0 Å². The Morgan fingerprint density at radius 1 is 1.10 bits per heavy atom. The van der Waals surface area contributed by atoms with Crippen LogP contribution in [0.15, 0.2) is 24.3 Å². The Kier molecular flexibility index (Phi) is 5.85. The standard InChI is InChI=1S/C16H24ClNO2/c17-14-7-5-13(6-8-14)15(19)11-18-12-16(20)9-3-1-2-4-10-16/h5-8,15,18-20H,1-4,9-12H2. The molecule has 0 spiro atoms. The van der Waals surface area contributed by atoms with Gasteiger partial charge in [-0.3, -0.25) is 0 Å². The summed E-state index contributed by atoms with van der Waals surface area (Å²) in [6, 6.07) is 7.21. The number of benzene rings is 1. The van der Waals surface area contributed by atoms with Crippen molar-refractivity contribution in [1.82, 2.24) is 5.32 Å². The molecule has 1 saturated carbocycles. The summed E-state index contributed by atoms with van der Waals surface area (Å²) >= 11 is 5.83. The number of aliphatic hydroxyl groups is 2. The first-order chi connectivity index (χ1) is 9.59. The summed E-state index contributed by atoms with van der Waals surface area (Å²) in [5.41, 5.74) is 0.241. The maximum atomic E-state index is 10.5. The van der Waals surface area contributed by atoms with Crippen LogP contribution in [-0.4, -0.2) is 28.9 Å². The minimum absolute atomic E-state index is 0.448. The van der Waals surface area contributed by atoms with Crippen molar-refractivity contribution >= 4 is 11.6 Å². The highest BCUT2D eigenvalue weighted by molar-refractivity contribution is 6.30. The van der Waals surface area contributed by atoms with Crippen LogP contribution in [-0.2, 0) is 0 Å². The molecule has 1 aromatic carbocycles. The number of hydrogen-bond acceptors (Lipinski definition) is 3. The highest BCUT2D eigenvalue weighted by Gasteiger charge is 2.27. The van der Waals surface area contributed by atoms with Crippen LogP contribution in [0.2, 0.25) is 5.02 Å². The highest BCUT2D eigenvalue weighted by Crippen LogP contribution is 2.26. The molecule has 3 N–H and O–H groups in total. The first-order valence-corrected chi connectivity index (χ1v) is 7.83. The summed E-state index contributed by atoms with van der Waals surface area (Å²) in [6.07, 6.45) is 5.77. The molecule has 0 aromatic heterocycles. The number of aliphatic hydroxyl groups excluding tert-OH is 1. The molecule has 112 valence electrons. The zero-order chi connectivity index (χ0) is 14.4. The van der Waals surface area contributed by atoms with E-state index in [4.69, 9.17) is 11.6 Å². The fourth-order valence-electron chi connectivity index (χ4n) is 2.81. The summed E-state index contributed by atoms with van der Waals surface area (Å²) in [5.74, 6) is 0. The molecular weight excluding hydrogens is 274 g/mol. The normalized spacial score (nSPS) is 20.4. The van der Waals surface area contributed by atoms with Crippen LogP contribution >= 0.6 is 11.6 Å². The van der Waals surface area contributed by atoms with Crippen LogP contribution in [0.4, 0.5) is 0 Å². The lowest BCUT2D eigenvalue weighted by Crippen LogP contribution is -2.41. The minimum atomic E-state index is -0.601. The van der Waals surface area contributed by atoms with Crippen molar-refractivity contribution in [2.45, 2.75) is 50.2 Å². The molecule has 1 atom stereocenters. The smallest absolute Gasteiger partial charge is 0.0914 e. The summed E-state index contributed by atoms with van der Waals surface area (Å²) < 4.78 is 0. The molecule has 4 heteroatoms. The lowest BCUT2D eigenvalue weighted by molar-refractivity contribution is 0.0223. The first-order valence-electron chi connectivity index (χ1n) is 7.46. The summed E-state index contributed by atoms with van der Waals surface area (Å²) in [7, 11) is 0. The zero-order valence-electron chi connectivity index (χ0n) is 11.8. The van der Waals surface area contributed by atoms with Crippen LogP contribution in [0, 0.1) is 0 Å². The number of hydrogen-bond donors (Lipinski definition) is 3. The van der Waals surface area contributed by atoms with Gasteiger partial charge in [0.05, 0.1) is 11.7 Å². The highest BCUT2D eigenvalue weighted by atomic mass is 35.5. The molecule has 0 heterocycles. The van der Waals surface area contributed by atoms with Crippen LogP contribution in [0.5, 0.6) is 0 Å². The Morgan fingerprint density at radius 2 is 1.70 bits per heavy atom. The van der Waals surface area contributed by atoms with Gasteiger partial charge in [-0.25, -0.2) is 0 Å². The van der Waals surface area contributed by atoms with E-state index in [2.05, 4.69) is 5.32 Å². The van der Waals surface area contributed by atoms with Gasteiger partial charge in [-0.15, -0.1) is 0 Å². The minimum Gasteiger partial charge on any atom is -0.389 e. The number of rotatable bonds is 5. The van der Waals surface area contributed by atoms with E-state index < -0.39 is 11.7 Å². The lowest BCUT2D eigenvalue weighted by Gasteiger charge is -2.27. The van der Waals surface area contributed by atoms with E-state index in [-0.39, 0.29) is 0 Å². The molecule has 1 unspecified atom stereocenters. The van der Waals surface area contributed by atoms with Crippen LogP contribution in [0.3, 0.4) is 0 Å². The average Bonchev–Trinajstić information content (AvgIpc) is 2.64. The van der Waals surface area contributed by atoms with E-state index in [1.54, 1.807) is 12.1 Å². The van der Waals surface area contributed by atoms with E-state index in [1.807, 2.05) is 12.1 Å². The Labute approximate surface area is 126 Å². The summed E-state index contributed by atoms with van der Waals surface area (Å²) in [5, 5.41) is 24.5. The van der Waals surface area contributed by atoms with Crippen molar-refractivity contribution < 1.29 is 10.2 Å². The van der Waals surface area contributed by atoms with Crippen molar-refractivity contribution in [3.63, 3.8) is 0 Å². The van der Waals surface area contributed by atoms with E-state index in [9.17, 15) is 10.2 Å². The predicted octanol–water partition coefficient (Wildman–Crippen LogP) is 3.05. The summed E-state index contributed by atoms with van der Waals surface area (Å²) in [4.78, 5) is 0. The Hall–Kier alpha value is -0.610. The van der Waals surface area contributed by atoms with Gasteiger partial charge in [-0.05, 0) is 30.5 Å². The van der Waals surface area contributed by atoms with E-state index in [0.717, 1.165) is 31.2 Å². The molecule has 3 nitrogen and oxygen atoms in total. The number of halogens is 1. The second kappa shape index (κ2) is 7.41. The predicted molar refractivity (Wildman–Crippen MR) is 81.9 cm³/mol. The Bertz CT molecular complexity index is 399. The number of nitrogens with one attached hydrogen (secondary N) is 1. The monoisotopic (exact) mass is 297 g/mol. The quantitative estimate of drug-likeness (QED) is 0.732. The third-order valence-corrected chi connectivity index (χ3v) is 4.33. The van der Waals surface area contributed by atoms with E-state index in [1.165, 1.54) is 12.8 Å². The Balaban J connectivity index is 1.78. The Morgan fingerprint density at radius 3 is 2.30 bits per heavy atom. The molecular formula is C16H24ClNO2. The van der Waals surface area contributed by atoms with Crippen LogP contribution < -0.4 is 5.32 Å². The van der Waals surface area contributed by atoms with Crippen molar-refractivity contribution in [3.8, 4) is 0 Å². The molecule has 0 bridgehead atoms. The molecule has 0 radical (unpaired) electrons. The molecule has 1 aliphatic carbocycles. The summed E-state index contributed by atoms with van der Waals surface area (Å²) in [6.45, 7) is 1.00. The molecule has 1 fully saturated rings. The zero-order valence-corrected chi connectivity index (χ0v) is 12.6. The van der Waals surface area contributed by atoms with Crippen LogP contribution in [0.25, 0.3) is 0 Å². The second-order valence-corrected chi connectivity index (χ2v) is 6.27. The molecule has 0 amide bonds. The van der Waals surface area contributed by atoms with Crippen molar-refractivity contribution in [2.24, 2.45) is 0 Å². The molecule has 1 aromatic rings. The van der Waals surface area contributed by atoms with Gasteiger partial charge < -0.3 is 15.5 Å². The second-order valence-electron chi connectivity index (χ2n) is 5.84. The van der Waals surface area contributed by atoms with E-state index >= 15 is 0 Å². The van der Waals surface area contributed by atoms with Gasteiger partial charge in [0.25, 0.3) is 0 Å².